The van der Waals surface area contributed by atoms with Crippen LogP contribution in [0.4, 0.5) is 0 Å². The molecule has 0 spiro atoms. The van der Waals surface area contributed by atoms with E-state index in [-0.39, 0.29) is 30.1 Å². The van der Waals surface area contributed by atoms with Crippen molar-refractivity contribution in [3.05, 3.63) is 41.5 Å². The van der Waals surface area contributed by atoms with Crippen LogP contribution in [-0.2, 0) is 13.6 Å². The molecule has 2 N–H and O–H groups in total. The summed E-state index contributed by atoms with van der Waals surface area (Å²) in [4.78, 5) is 4.57. The van der Waals surface area contributed by atoms with Crippen LogP contribution in [0.25, 0.3) is 0 Å². The van der Waals surface area contributed by atoms with Crippen molar-refractivity contribution in [3.8, 4) is 5.75 Å². The summed E-state index contributed by atoms with van der Waals surface area (Å²) in [7, 11) is 1.94. The van der Waals surface area contributed by atoms with E-state index in [1.54, 1.807) is 0 Å². The normalized spacial score (nSPS) is 12.3. The van der Waals surface area contributed by atoms with Gasteiger partial charge in [-0.2, -0.15) is 0 Å². The highest BCUT2D eigenvalue weighted by molar-refractivity contribution is 14.0. The number of hydrogen-bond acceptors (Lipinski definition) is 4. The van der Waals surface area contributed by atoms with E-state index in [1.807, 2.05) is 50.6 Å². The molecule has 1 aromatic carbocycles. The molecule has 0 aliphatic rings. The van der Waals surface area contributed by atoms with E-state index in [9.17, 15) is 0 Å². The zero-order chi connectivity index (χ0) is 18.2. The number of aryl methyl sites for hydroxylation is 2. The van der Waals surface area contributed by atoms with E-state index < -0.39 is 0 Å². The Bertz CT molecular complexity index is 715. The number of halogens is 1. The topological polar surface area (TPSA) is 76.4 Å². The van der Waals surface area contributed by atoms with Crippen LogP contribution in [0.1, 0.15) is 31.1 Å². The van der Waals surface area contributed by atoms with Gasteiger partial charge in [-0.25, -0.2) is 4.99 Å². The minimum atomic E-state index is 0. The number of nitrogens with one attached hydrogen (secondary N) is 2. The van der Waals surface area contributed by atoms with Crippen molar-refractivity contribution >= 4 is 29.9 Å². The molecule has 144 valence electrons. The quantitative estimate of drug-likeness (QED) is 0.368. The van der Waals surface area contributed by atoms with Gasteiger partial charge in [0.25, 0.3) is 0 Å². The largest absolute Gasteiger partial charge is 0.489 e. The van der Waals surface area contributed by atoms with Crippen LogP contribution < -0.4 is 15.4 Å². The highest BCUT2D eigenvalue weighted by Crippen LogP contribution is 2.13. The first kappa shape index (κ1) is 22.2. The van der Waals surface area contributed by atoms with Crippen molar-refractivity contribution in [2.45, 2.75) is 40.3 Å². The summed E-state index contributed by atoms with van der Waals surface area (Å²) in [6.07, 6.45) is 0.0164. The highest BCUT2D eigenvalue weighted by Gasteiger charge is 2.08. The predicted octanol–water partition coefficient (Wildman–Crippen LogP) is 2.57. The molecule has 7 nitrogen and oxygen atoms in total. The van der Waals surface area contributed by atoms with Crippen molar-refractivity contribution in [3.63, 3.8) is 0 Å². The molecule has 1 heterocycles. The summed E-state index contributed by atoms with van der Waals surface area (Å²) in [6.45, 7) is 9.96. The average molecular weight is 472 g/mol. The highest BCUT2D eigenvalue weighted by atomic mass is 127. The van der Waals surface area contributed by atoms with Crippen LogP contribution in [0.3, 0.4) is 0 Å². The van der Waals surface area contributed by atoms with Gasteiger partial charge in [0.05, 0.1) is 6.54 Å². The number of aromatic nitrogens is 3. The van der Waals surface area contributed by atoms with E-state index in [0.717, 1.165) is 29.9 Å². The molecule has 0 saturated carbocycles. The molecule has 0 radical (unpaired) electrons. The molecule has 0 aliphatic carbocycles. The third-order valence-electron chi connectivity index (χ3n) is 3.79. The lowest BCUT2D eigenvalue weighted by molar-refractivity contribution is 0.223. The Morgan fingerprint density at radius 2 is 2.04 bits per heavy atom. The van der Waals surface area contributed by atoms with Crippen LogP contribution >= 0.6 is 24.0 Å². The fourth-order valence-electron chi connectivity index (χ4n) is 2.28. The minimum Gasteiger partial charge on any atom is -0.489 e. The van der Waals surface area contributed by atoms with Crippen molar-refractivity contribution < 1.29 is 4.74 Å². The second-order valence-corrected chi connectivity index (χ2v) is 6.04. The summed E-state index contributed by atoms with van der Waals surface area (Å²) in [5, 5.41) is 14.7. The number of benzene rings is 1. The zero-order valence-corrected chi connectivity index (χ0v) is 18.4. The molecule has 0 aliphatic heterocycles. The number of guanidine groups is 1. The van der Waals surface area contributed by atoms with Crippen LogP contribution in [0.15, 0.2) is 29.3 Å². The molecule has 0 fully saturated rings. The van der Waals surface area contributed by atoms with Gasteiger partial charge in [-0.05, 0) is 45.4 Å². The van der Waals surface area contributed by atoms with Gasteiger partial charge in [0.2, 0.25) is 0 Å². The summed E-state index contributed by atoms with van der Waals surface area (Å²) >= 11 is 0. The van der Waals surface area contributed by atoms with Crippen molar-refractivity contribution in [1.82, 2.24) is 25.4 Å². The van der Waals surface area contributed by atoms with Gasteiger partial charge in [0.1, 0.15) is 24.2 Å². The van der Waals surface area contributed by atoms with Crippen LogP contribution in [0.5, 0.6) is 5.75 Å². The van der Waals surface area contributed by atoms with Crippen LogP contribution in [0, 0.1) is 13.8 Å². The van der Waals surface area contributed by atoms with Crippen molar-refractivity contribution in [2.24, 2.45) is 12.0 Å². The molecule has 0 saturated heterocycles. The van der Waals surface area contributed by atoms with Gasteiger partial charge in [0.15, 0.2) is 11.8 Å². The number of rotatable bonds is 7. The molecule has 1 atom stereocenters. The van der Waals surface area contributed by atoms with E-state index in [4.69, 9.17) is 4.74 Å². The maximum absolute atomic E-state index is 5.94. The van der Waals surface area contributed by atoms with Crippen molar-refractivity contribution in [1.29, 1.82) is 0 Å². The average Bonchev–Trinajstić information content (AvgIpc) is 2.89. The maximum atomic E-state index is 5.94. The Kier molecular flexibility index (Phi) is 9.39. The monoisotopic (exact) mass is 472 g/mol. The molecule has 1 aromatic heterocycles. The third-order valence-corrected chi connectivity index (χ3v) is 3.79. The zero-order valence-electron chi connectivity index (χ0n) is 16.1. The lowest BCUT2D eigenvalue weighted by Crippen LogP contribution is -2.41. The maximum Gasteiger partial charge on any atom is 0.191 e. The van der Waals surface area contributed by atoms with Gasteiger partial charge < -0.3 is 19.9 Å². The fourth-order valence-corrected chi connectivity index (χ4v) is 2.28. The van der Waals surface area contributed by atoms with Crippen LogP contribution in [-0.4, -0.2) is 39.9 Å². The van der Waals surface area contributed by atoms with Crippen LogP contribution in [0.2, 0.25) is 0 Å². The predicted molar refractivity (Wildman–Crippen MR) is 115 cm³/mol. The van der Waals surface area contributed by atoms with Gasteiger partial charge >= 0.3 is 0 Å². The lowest BCUT2D eigenvalue weighted by Gasteiger charge is -2.18. The molecular formula is C18H29IN6O. The first-order valence-electron chi connectivity index (χ1n) is 8.60. The first-order valence-corrected chi connectivity index (χ1v) is 8.60. The molecular weight excluding hydrogens is 443 g/mol. The second-order valence-electron chi connectivity index (χ2n) is 6.04. The van der Waals surface area contributed by atoms with E-state index in [2.05, 4.69) is 38.8 Å². The van der Waals surface area contributed by atoms with E-state index in [0.29, 0.717) is 13.1 Å². The van der Waals surface area contributed by atoms with E-state index in [1.165, 1.54) is 5.56 Å². The Labute approximate surface area is 172 Å². The van der Waals surface area contributed by atoms with Crippen molar-refractivity contribution in [2.75, 3.05) is 13.1 Å². The molecule has 26 heavy (non-hydrogen) atoms. The van der Waals surface area contributed by atoms with Gasteiger partial charge in [0, 0.05) is 13.6 Å². The number of nitrogens with zero attached hydrogens (tertiary/aromatic N) is 4. The fraction of sp³-hybridized carbons (Fsp3) is 0.500. The Morgan fingerprint density at radius 3 is 2.65 bits per heavy atom. The number of aliphatic imine (C=N–C) groups is 1. The first-order chi connectivity index (χ1) is 12.0. The summed E-state index contributed by atoms with van der Waals surface area (Å²) in [6, 6.07) is 8.06. The van der Waals surface area contributed by atoms with Gasteiger partial charge in [-0.15, -0.1) is 34.2 Å². The smallest absolute Gasteiger partial charge is 0.191 e. The lowest BCUT2D eigenvalue weighted by atomic mass is 10.2. The molecule has 8 heteroatoms. The minimum absolute atomic E-state index is 0. The molecule has 2 rings (SSSR count). The molecule has 0 amide bonds. The van der Waals surface area contributed by atoms with Gasteiger partial charge in [-0.1, -0.05) is 12.1 Å². The third kappa shape index (κ3) is 6.81. The SMILES string of the molecule is CCNC(=NCc1nnc(C)n1C)NCC(C)Oc1cccc(C)c1.I. The Hall–Kier alpha value is -1.84. The molecule has 1 unspecified atom stereocenters. The summed E-state index contributed by atoms with van der Waals surface area (Å²) in [5.41, 5.74) is 1.19. The number of ether oxygens (including phenoxy) is 1. The van der Waals surface area contributed by atoms with Gasteiger partial charge in [-0.3, -0.25) is 0 Å². The number of hydrogen-bond donors (Lipinski definition) is 2. The van der Waals surface area contributed by atoms with E-state index >= 15 is 0 Å². The summed E-state index contributed by atoms with van der Waals surface area (Å²) in [5.74, 6) is 3.33. The molecule has 0 bridgehead atoms. The Morgan fingerprint density at radius 1 is 1.27 bits per heavy atom. The standard InChI is InChI=1S/C18H28N6O.HI/c1-6-19-18(21-12-17-23-22-15(4)24(17)5)20-11-14(3)25-16-9-7-8-13(2)10-16;/h7-10,14H,6,11-12H2,1-5H3,(H2,19,20,21);1H. The summed E-state index contributed by atoms with van der Waals surface area (Å²) < 4.78 is 7.88. The molecule has 2 aromatic rings. The second kappa shape index (κ2) is 11.0. The Balaban J connectivity index is 0.00000338.